The minimum absolute atomic E-state index is 0.319. The van der Waals surface area contributed by atoms with Gasteiger partial charge in [-0.25, -0.2) is 0 Å². The molecule has 29 heavy (non-hydrogen) atoms. The largest absolute Gasteiger partial charge is 0.334 e. The van der Waals surface area contributed by atoms with Gasteiger partial charge in [-0.2, -0.15) is 4.98 Å². The zero-order valence-corrected chi connectivity index (χ0v) is 18.4. The molecule has 0 amide bonds. The van der Waals surface area contributed by atoms with Crippen molar-refractivity contribution in [3.63, 3.8) is 0 Å². The van der Waals surface area contributed by atoms with Gasteiger partial charge < -0.3 is 4.52 Å². The van der Waals surface area contributed by atoms with E-state index in [1.165, 1.54) is 27.8 Å². The third-order valence-corrected chi connectivity index (χ3v) is 5.95. The number of benzene rings is 1. The fourth-order valence-electron chi connectivity index (χ4n) is 4.30. The second kappa shape index (κ2) is 8.36. The van der Waals surface area contributed by atoms with Gasteiger partial charge in [0.2, 0.25) is 5.82 Å². The van der Waals surface area contributed by atoms with E-state index >= 15 is 0 Å². The van der Waals surface area contributed by atoms with Gasteiger partial charge in [0.05, 0.1) is 0 Å². The molecule has 0 unspecified atom stereocenters. The maximum absolute atomic E-state index is 5.69. The lowest BCUT2D eigenvalue weighted by Crippen LogP contribution is -2.19. The van der Waals surface area contributed by atoms with Crippen LogP contribution in [0.15, 0.2) is 59.2 Å². The summed E-state index contributed by atoms with van der Waals surface area (Å²) in [7, 11) is 0. The molecule has 1 aliphatic carbocycles. The molecule has 2 aromatic rings. The van der Waals surface area contributed by atoms with Crippen LogP contribution in [0.3, 0.4) is 0 Å². The van der Waals surface area contributed by atoms with Crippen LogP contribution < -0.4 is 0 Å². The Hall–Kier alpha value is -2.68. The molecule has 1 aliphatic rings. The highest BCUT2D eigenvalue weighted by Crippen LogP contribution is 2.44. The maximum Gasteiger partial charge on any atom is 0.258 e. The normalized spacial score (nSPS) is 19.3. The Labute approximate surface area is 174 Å². The first-order chi connectivity index (χ1) is 13.8. The lowest BCUT2D eigenvalue weighted by molar-refractivity contribution is 0.313. The monoisotopic (exact) mass is 388 g/mol. The predicted octanol–water partition coefficient (Wildman–Crippen LogP) is 7.18. The van der Waals surface area contributed by atoms with Gasteiger partial charge in [0.25, 0.3) is 5.89 Å². The minimum Gasteiger partial charge on any atom is -0.334 e. The van der Waals surface area contributed by atoms with Gasteiger partial charge in [-0.15, -0.1) is 6.58 Å². The Morgan fingerprint density at radius 3 is 2.48 bits per heavy atom. The molecule has 1 aromatic carbocycles. The summed E-state index contributed by atoms with van der Waals surface area (Å²) in [6.45, 7) is 18.9. The topological polar surface area (TPSA) is 38.9 Å². The summed E-state index contributed by atoms with van der Waals surface area (Å²) in [6, 6.07) is 4.25. The van der Waals surface area contributed by atoms with Gasteiger partial charge in [0, 0.05) is 11.1 Å². The fourth-order valence-corrected chi connectivity index (χ4v) is 4.30. The van der Waals surface area contributed by atoms with Crippen LogP contribution in [0.1, 0.15) is 62.6 Å². The van der Waals surface area contributed by atoms with E-state index in [0.717, 1.165) is 36.8 Å². The summed E-state index contributed by atoms with van der Waals surface area (Å²) < 4.78 is 5.69. The number of aromatic nitrogens is 2. The van der Waals surface area contributed by atoms with Crippen molar-refractivity contribution in [1.29, 1.82) is 0 Å². The van der Waals surface area contributed by atoms with Crippen LogP contribution in [-0.2, 0) is 6.42 Å². The second-order valence-corrected chi connectivity index (χ2v) is 8.76. The molecule has 0 saturated heterocycles. The van der Waals surface area contributed by atoms with E-state index in [1.54, 1.807) is 0 Å². The molecule has 1 saturated carbocycles. The number of allylic oxidation sites excluding steroid dienone is 6. The highest BCUT2D eigenvalue weighted by molar-refractivity contribution is 5.76. The molecular weight excluding hydrogens is 356 g/mol. The van der Waals surface area contributed by atoms with E-state index in [-0.39, 0.29) is 0 Å². The number of rotatable bonds is 5. The fraction of sp³-hybridized carbons (Fsp3) is 0.385. The van der Waals surface area contributed by atoms with E-state index in [0.29, 0.717) is 17.1 Å². The SMILES string of the molecule is C=CCc1c(C)cc(-c2noc(/C(C=C)=C3\CCC(C)(C)C\C3=C\C)n2)cc1C. The highest BCUT2D eigenvalue weighted by Gasteiger charge is 2.29. The maximum atomic E-state index is 5.69. The Balaban J connectivity index is 2.01. The van der Waals surface area contributed by atoms with Crippen LogP contribution in [0.2, 0.25) is 0 Å². The van der Waals surface area contributed by atoms with Gasteiger partial charge in [-0.1, -0.05) is 43.8 Å². The van der Waals surface area contributed by atoms with Gasteiger partial charge in [-0.05, 0) is 91.8 Å². The first kappa shape index (κ1) is 21.0. The van der Waals surface area contributed by atoms with Crippen molar-refractivity contribution in [1.82, 2.24) is 10.1 Å². The van der Waals surface area contributed by atoms with Crippen molar-refractivity contribution >= 4 is 5.57 Å². The van der Waals surface area contributed by atoms with Gasteiger partial charge in [0.15, 0.2) is 0 Å². The van der Waals surface area contributed by atoms with Crippen LogP contribution in [0.4, 0.5) is 0 Å². The number of aryl methyl sites for hydroxylation is 2. The van der Waals surface area contributed by atoms with E-state index in [4.69, 9.17) is 9.51 Å². The summed E-state index contributed by atoms with van der Waals surface area (Å²) in [5.41, 5.74) is 8.65. The number of hydrogen-bond donors (Lipinski definition) is 0. The van der Waals surface area contributed by atoms with Crippen LogP contribution in [0.5, 0.6) is 0 Å². The molecular formula is C26H32N2O. The molecule has 0 bridgehead atoms. The van der Waals surface area contributed by atoms with Crippen molar-refractivity contribution in [2.45, 2.75) is 60.3 Å². The number of hydrogen-bond acceptors (Lipinski definition) is 3. The average Bonchev–Trinajstić information content (AvgIpc) is 3.15. The Kier molecular flexibility index (Phi) is 6.07. The first-order valence-corrected chi connectivity index (χ1v) is 10.4. The zero-order valence-electron chi connectivity index (χ0n) is 18.4. The van der Waals surface area contributed by atoms with Crippen molar-refractivity contribution in [3.05, 3.63) is 77.2 Å². The Morgan fingerprint density at radius 1 is 1.21 bits per heavy atom. The quantitative estimate of drug-likeness (QED) is 0.509. The predicted molar refractivity (Wildman–Crippen MR) is 122 cm³/mol. The van der Waals surface area contributed by atoms with Gasteiger partial charge in [0.1, 0.15) is 0 Å². The van der Waals surface area contributed by atoms with E-state index in [2.05, 4.69) is 71.1 Å². The average molecular weight is 389 g/mol. The number of nitrogens with zero attached hydrogens (tertiary/aromatic N) is 2. The van der Waals surface area contributed by atoms with Crippen molar-refractivity contribution in [2.24, 2.45) is 5.41 Å². The molecule has 1 heterocycles. The molecule has 1 fully saturated rings. The smallest absolute Gasteiger partial charge is 0.258 e. The summed E-state index contributed by atoms with van der Waals surface area (Å²) >= 11 is 0. The summed E-state index contributed by atoms with van der Waals surface area (Å²) in [6.07, 6.45) is 10.1. The van der Waals surface area contributed by atoms with Crippen LogP contribution >= 0.6 is 0 Å². The van der Waals surface area contributed by atoms with Crippen LogP contribution in [-0.4, -0.2) is 10.1 Å². The summed E-state index contributed by atoms with van der Waals surface area (Å²) in [5, 5.41) is 4.28. The van der Waals surface area contributed by atoms with Crippen molar-refractivity contribution in [2.75, 3.05) is 0 Å². The highest BCUT2D eigenvalue weighted by atomic mass is 16.5. The third kappa shape index (κ3) is 4.34. The molecule has 1 aromatic heterocycles. The lowest BCUT2D eigenvalue weighted by Gasteiger charge is -2.33. The molecule has 152 valence electrons. The van der Waals surface area contributed by atoms with Crippen molar-refractivity contribution < 1.29 is 4.52 Å². The molecule has 3 heteroatoms. The summed E-state index contributed by atoms with van der Waals surface area (Å²) in [5.74, 6) is 1.17. The van der Waals surface area contributed by atoms with E-state index in [9.17, 15) is 0 Å². The lowest BCUT2D eigenvalue weighted by atomic mass is 9.71. The van der Waals surface area contributed by atoms with Gasteiger partial charge in [-0.3, -0.25) is 0 Å². The molecule has 3 rings (SSSR count). The van der Waals surface area contributed by atoms with Crippen LogP contribution in [0, 0.1) is 19.3 Å². The van der Waals surface area contributed by atoms with E-state index in [1.807, 2.05) is 12.2 Å². The van der Waals surface area contributed by atoms with Crippen LogP contribution in [0.25, 0.3) is 17.0 Å². The Morgan fingerprint density at radius 2 is 1.90 bits per heavy atom. The third-order valence-electron chi connectivity index (χ3n) is 5.95. The molecule has 0 atom stereocenters. The molecule has 0 N–H and O–H groups in total. The minimum atomic E-state index is 0.319. The van der Waals surface area contributed by atoms with Gasteiger partial charge >= 0.3 is 0 Å². The molecule has 0 aliphatic heterocycles. The summed E-state index contributed by atoms with van der Waals surface area (Å²) in [4.78, 5) is 4.74. The standard InChI is InChI=1S/C26H32N2O/c1-8-11-22-17(4)14-20(15-18(22)5)24-27-25(29-28-24)21(10-3)23-12-13-26(6,7)16-19(23)9-2/h8-10,14-15H,1,3,11-13,16H2,2,4-7H3/b19-9-,23-21+. The second-order valence-electron chi connectivity index (χ2n) is 8.76. The first-order valence-electron chi connectivity index (χ1n) is 10.4. The Bertz CT molecular complexity index is 978. The molecule has 3 nitrogen and oxygen atoms in total. The molecule has 0 spiro atoms. The van der Waals surface area contributed by atoms with Crippen molar-refractivity contribution in [3.8, 4) is 11.4 Å². The zero-order chi connectivity index (χ0) is 21.2. The molecule has 0 radical (unpaired) electrons. The van der Waals surface area contributed by atoms with E-state index < -0.39 is 0 Å².